The summed E-state index contributed by atoms with van der Waals surface area (Å²) >= 11 is 6.07. The van der Waals surface area contributed by atoms with Crippen LogP contribution >= 0.6 is 11.6 Å². The molecule has 0 radical (unpaired) electrons. The number of carbonyl (C=O) groups excluding carboxylic acids is 1. The number of benzene rings is 1. The minimum atomic E-state index is -0.187. The Balaban J connectivity index is 1.72. The van der Waals surface area contributed by atoms with Crippen molar-refractivity contribution in [3.8, 4) is 11.5 Å². The van der Waals surface area contributed by atoms with Crippen LogP contribution in [0.3, 0.4) is 0 Å². The van der Waals surface area contributed by atoms with E-state index in [1.54, 1.807) is 12.1 Å². The van der Waals surface area contributed by atoms with E-state index in [0.29, 0.717) is 22.1 Å². The van der Waals surface area contributed by atoms with E-state index in [-0.39, 0.29) is 24.8 Å². The molecule has 3 rings (SSSR count). The van der Waals surface area contributed by atoms with Crippen LogP contribution < -0.4 is 14.8 Å². The van der Waals surface area contributed by atoms with Crippen LogP contribution in [0.1, 0.15) is 30.1 Å². The highest BCUT2D eigenvalue weighted by atomic mass is 35.5. The summed E-state index contributed by atoms with van der Waals surface area (Å²) in [5, 5.41) is 3.32. The van der Waals surface area contributed by atoms with E-state index in [0.717, 1.165) is 19.4 Å². The lowest BCUT2D eigenvalue weighted by Crippen LogP contribution is -2.40. The summed E-state index contributed by atoms with van der Waals surface area (Å²) in [4.78, 5) is 12.2. The molecule has 108 valence electrons. The second-order valence-corrected chi connectivity index (χ2v) is 5.41. The van der Waals surface area contributed by atoms with E-state index >= 15 is 0 Å². The molecule has 1 saturated heterocycles. The number of halogens is 1. The van der Waals surface area contributed by atoms with E-state index in [9.17, 15) is 4.79 Å². The predicted octanol–water partition coefficient (Wildman–Crippen LogP) is 2.37. The Morgan fingerprint density at radius 1 is 1.45 bits per heavy atom. The lowest BCUT2D eigenvalue weighted by atomic mass is 10.1. The van der Waals surface area contributed by atoms with Crippen LogP contribution in [0, 0.1) is 0 Å². The van der Waals surface area contributed by atoms with E-state index in [2.05, 4.69) is 5.32 Å². The average Bonchev–Trinajstić information content (AvgIpc) is 3.09. The predicted molar refractivity (Wildman–Crippen MR) is 73.5 cm³/mol. The first-order chi connectivity index (χ1) is 9.65. The Bertz CT molecular complexity index is 528. The second kappa shape index (κ2) is 5.50. The summed E-state index contributed by atoms with van der Waals surface area (Å²) < 4.78 is 16.0. The van der Waals surface area contributed by atoms with Crippen molar-refractivity contribution in [1.82, 2.24) is 5.32 Å². The summed E-state index contributed by atoms with van der Waals surface area (Å²) in [6, 6.07) is 3.20. The first kappa shape index (κ1) is 13.5. The van der Waals surface area contributed by atoms with Gasteiger partial charge in [0.1, 0.15) is 0 Å². The fourth-order valence-corrected chi connectivity index (χ4v) is 2.74. The molecule has 0 aliphatic carbocycles. The highest BCUT2D eigenvalue weighted by Crippen LogP contribution is 2.39. The van der Waals surface area contributed by atoms with Gasteiger partial charge in [-0.05, 0) is 31.9 Å². The van der Waals surface area contributed by atoms with Crippen LogP contribution in [0.15, 0.2) is 12.1 Å². The zero-order valence-electron chi connectivity index (χ0n) is 11.1. The molecule has 0 saturated carbocycles. The fourth-order valence-electron chi connectivity index (χ4n) is 2.48. The molecule has 1 fully saturated rings. The largest absolute Gasteiger partial charge is 0.454 e. The number of rotatable bonds is 3. The summed E-state index contributed by atoms with van der Waals surface area (Å²) in [6.07, 6.45) is 2.10. The molecule has 1 N–H and O–H groups in total. The highest BCUT2D eigenvalue weighted by Gasteiger charge is 2.25. The topological polar surface area (TPSA) is 56.8 Å². The number of amides is 1. The van der Waals surface area contributed by atoms with Gasteiger partial charge in [-0.25, -0.2) is 0 Å². The van der Waals surface area contributed by atoms with Crippen molar-refractivity contribution in [3.05, 3.63) is 22.7 Å². The number of carbonyl (C=O) groups is 1. The van der Waals surface area contributed by atoms with Crippen molar-refractivity contribution < 1.29 is 19.0 Å². The van der Waals surface area contributed by atoms with Gasteiger partial charge in [0.2, 0.25) is 6.79 Å². The molecule has 0 unspecified atom stereocenters. The number of fused-ring (bicyclic) bond motifs is 1. The van der Waals surface area contributed by atoms with Crippen molar-refractivity contribution >= 4 is 17.5 Å². The van der Waals surface area contributed by atoms with Crippen molar-refractivity contribution in [2.75, 3.05) is 13.4 Å². The highest BCUT2D eigenvalue weighted by molar-refractivity contribution is 6.32. The van der Waals surface area contributed by atoms with Crippen molar-refractivity contribution in [3.63, 3.8) is 0 Å². The van der Waals surface area contributed by atoms with Crippen molar-refractivity contribution in [2.24, 2.45) is 0 Å². The van der Waals surface area contributed by atoms with Crippen LogP contribution in [0.5, 0.6) is 11.5 Å². The summed E-state index contributed by atoms with van der Waals surface area (Å²) in [7, 11) is 0. The Morgan fingerprint density at radius 2 is 2.30 bits per heavy atom. The zero-order chi connectivity index (χ0) is 14.1. The molecule has 20 heavy (non-hydrogen) atoms. The third-order valence-corrected chi connectivity index (χ3v) is 3.85. The summed E-state index contributed by atoms with van der Waals surface area (Å²) in [5.41, 5.74) is 0.462. The maximum absolute atomic E-state index is 12.2. The molecule has 1 amide bonds. The van der Waals surface area contributed by atoms with Crippen LogP contribution in [0.25, 0.3) is 0 Å². The molecule has 5 nitrogen and oxygen atoms in total. The fraction of sp³-hybridized carbons (Fsp3) is 0.500. The molecular formula is C14H16ClNO4. The molecule has 0 bridgehead atoms. The van der Waals surface area contributed by atoms with Gasteiger partial charge in [-0.15, -0.1) is 0 Å². The maximum atomic E-state index is 12.2. The monoisotopic (exact) mass is 297 g/mol. The van der Waals surface area contributed by atoms with Gasteiger partial charge in [0.05, 0.1) is 17.2 Å². The third-order valence-electron chi connectivity index (χ3n) is 3.57. The molecule has 2 aliphatic heterocycles. The van der Waals surface area contributed by atoms with Crippen molar-refractivity contribution in [2.45, 2.75) is 31.9 Å². The Labute approximate surface area is 122 Å². The minimum absolute atomic E-state index is 0.0331. The van der Waals surface area contributed by atoms with Gasteiger partial charge in [0.15, 0.2) is 11.5 Å². The van der Waals surface area contributed by atoms with Gasteiger partial charge in [-0.2, -0.15) is 0 Å². The van der Waals surface area contributed by atoms with Crippen LogP contribution in [-0.2, 0) is 4.74 Å². The quantitative estimate of drug-likeness (QED) is 0.930. The van der Waals surface area contributed by atoms with Gasteiger partial charge < -0.3 is 19.5 Å². The molecule has 0 spiro atoms. The number of hydrogen-bond acceptors (Lipinski definition) is 4. The summed E-state index contributed by atoms with van der Waals surface area (Å²) in [6.45, 7) is 2.84. The Hall–Kier alpha value is -1.46. The van der Waals surface area contributed by atoms with Gasteiger partial charge in [0, 0.05) is 12.2 Å². The van der Waals surface area contributed by atoms with Gasteiger partial charge in [-0.3, -0.25) is 4.79 Å². The first-order valence-electron chi connectivity index (χ1n) is 6.67. The molecular weight excluding hydrogens is 282 g/mol. The standard InChI is InChI=1S/C14H16ClNO4/c1-8(11-3-2-4-18-11)16-14(17)9-5-10(15)13-12(6-9)19-7-20-13/h5-6,8,11H,2-4,7H2,1H3,(H,16,17)/t8-,11-/m1/s1. The Morgan fingerprint density at radius 3 is 3.05 bits per heavy atom. The Kier molecular flexibility index (Phi) is 3.72. The molecule has 0 aromatic heterocycles. The van der Waals surface area contributed by atoms with Gasteiger partial charge >= 0.3 is 0 Å². The van der Waals surface area contributed by atoms with E-state index in [1.807, 2.05) is 6.92 Å². The smallest absolute Gasteiger partial charge is 0.251 e. The third kappa shape index (κ3) is 2.55. The molecule has 2 aliphatic rings. The normalized spacial score (nSPS) is 21.8. The number of hydrogen-bond donors (Lipinski definition) is 1. The van der Waals surface area contributed by atoms with Crippen molar-refractivity contribution in [1.29, 1.82) is 0 Å². The zero-order valence-corrected chi connectivity index (χ0v) is 11.9. The van der Waals surface area contributed by atoms with Crippen LogP contribution in [-0.4, -0.2) is 31.5 Å². The SMILES string of the molecule is C[C@@H](NC(=O)c1cc(Cl)c2c(c1)OCO2)[C@H]1CCCO1. The maximum Gasteiger partial charge on any atom is 0.251 e. The van der Waals surface area contributed by atoms with E-state index in [4.69, 9.17) is 25.8 Å². The molecule has 6 heteroatoms. The average molecular weight is 298 g/mol. The van der Waals surface area contributed by atoms with E-state index < -0.39 is 0 Å². The molecule has 1 aromatic carbocycles. The molecule has 2 atom stereocenters. The summed E-state index contributed by atoms with van der Waals surface area (Å²) in [5.74, 6) is 0.816. The van der Waals surface area contributed by atoms with Crippen LogP contribution in [0.4, 0.5) is 0 Å². The van der Waals surface area contributed by atoms with Crippen LogP contribution in [0.2, 0.25) is 5.02 Å². The van der Waals surface area contributed by atoms with Gasteiger partial charge in [0.25, 0.3) is 5.91 Å². The van der Waals surface area contributed by atoms with E-state index in [1.165, 1.54) is 0 Å². The second-order valence-electron chi connectivity index (χ2n) is 5.01. The number of nitrogens with one attached hydrogen (secondary N) is 1. The minimum Gasteiger partial charge on any atom is -0.454 e. The lowest BCUT2D eigenvalue weighted by Gasteiger charge is -2.20. The molecule has 2 heterocycles. The van der Waals surface area contributed by atoms with Gasteiger partial charge in [-0.1, -0.05) is 11.6 Å². The molecule has 1 aromatic rings. The lowest BCUT2D eigenvalue weighted by molar-refractivity contribution is 0.0712. The number of ether oxygens (including phenoxy) is 3. The first-order valence-corrected chi connectivity index (χ1v) is 7.04.